The summed E-state index contributed by atoms with van der Waals surface area (Å²) in [6.45, 7) is 1.54. The average Bonchev–Trinajstić information content (AvgIpc) is 3.10. The highest BCUT2D eigenvalue weighted by Gasteiger charge is 2.16. The first-order chi connectivity index (χ1) is 12.9. The van der Waals surface area contributed by atoms with E-state index in [1.54, 1.807) is 36.6 Å². The number of likely N-dealkylation sites (N-methyl/N-ethyl adjacent to an activating group) is 1. The van der Waals surface area contributed by atoms with Crippen LogP contribution in [-0.2, 0) is 10.0 Å². The summed E-state index contributed by atoms with van der Waals surface area (Å²) in [5.74, 6) is 0.598. The van der Waals surface area contributed by atoms with Crippen LogP contribution in [-0.4, -0.2) is 47.6 Å². The van der Waals surface area contributed by atoms with Crippen LogP contribution in [0.2, 0.25) is 0 Å². The third-order valence-electron chi connectivity index (χ3n) is 4.05. The number of anilines is 2. The van der Waals surface area contributed by atoms with Gasteiger partial charge in [0.25, 0.3) is 10.0 Å². The smallest absolute Gasteiger partial charge is 0.261 e. The maximum atomic E-state index is 12.7. The first-order valence-corrected chi connectivity index (χ1v) is 9.94. The van der Waals surface area contributed by atoms with Gasteiger partial charge in [-0.2, -0.15) is 0 Å². The summed E-state index contributed by atoms with van der Waals surface area (Å²) in [6, 6.07) is 11.5. The fraction of sp³-hybridized carbons (Fsp3) is 0.263. The number of hydrogen-bond acceptors (Lipinski definition) is 6. The highest BCUT2D eigenvalue weighted by molar-refractivity contribution is 7.92. The fourth-order valence-corrected chi connectivity index (χ4v) is 3.70. The predicted octanol–water partition coefficient (Wildman–Crippen LogP) is 3.22. The molecule has 0 amide bonds. The van der Waals surface area contributed by atoms with E-state index in [1.165, 1.54) is 19.2 Å². The van der Waals surface area contributed by atoms with E-state index in [1.807, 2.05) is 14.1 Å². The number of rotatable bonds is 8. The van der Waals surface area contributed by atoms with Gasteiger partial charge in [0.2, 0.25) is 0 Å². The summed E-state index contributed by atoms with van der Waals surface area (Å²) in [7, 11) is 1.80. The van der Waals surface area contributed by atoms with Gasteiger partial charge in [-0.3, -0.25) is 4.72 Å². The van der Waals surface area contributed by atoms with E-state index in [0.29, 0.717) is 23.6 Å². The molecule has 0 atom stereocenters. The first kappa shape index (κ1) is 19.1. The van der Waals surface area contributed by atoms with Crippen LogP contribution >= 0.6 is 0 Å². The van der Waals surface area contributed by atoms with E-state index in [9.17, 15) is 8.42 Å². The number of furan rings is 1. The molecule has 0 saturated carbocycles. The van der Waals surface area contributed by atoms with Crippen molar-refractivity contribution in [3.63, 3.8) is 0 Å². The average molecular weight is 389 g/mol. The molecule has 0 bridgehead atoms. The Morgan fingerprint density at radius 1 is 1.11 bits per heavy atom. The minimum Gasteiger partial charge on any atom is -0.497 e. The molecule has 2 aromatic carbocycles. The van der Waals surface area contributed by atoms with Crippen LogP contribution in [0.1, 0.15) is 0 Å². The Bertz CT molecular complexity index is 1010. The van der Waals surface area contributed by atoms with Crippen molar-refractivity contribution in [3.05, 3.63) is 48.7 Å². The summed E-state index contributed by atoms with van der Waals surface area (Å²) in [4.78, 5) is 2.22. The van der Waals surface area contributed by atoms with E-state index in [-0.39, 0.29) is 4.90 Å². The molecule has 0 spiro atoms. The van der Waals surface area contributed by atoms with Crippen LogP contribution < -0.4 is 14.8 Å². The molecular formula is C19H23N3O4S. The van der Waals surface area contributed by atoms with E-state index >= 15 is 0 Å². The summed E-state index contributed by atoms with van der Waals surface area (Å²) >= 11 is 0. The molecule has 0 unspecified atom stereocenters. The molecule has 3 aromatic rings. The van der Waals surface area contributed by atoms with Gasteiger partial charge in [0.15, 0.2) is 5.58 Å². The van der Waals surface area contributed by atoms with E-state index < -0.39 is 10.0 Å². The number of nitrogens with one attached hydrogen (secondary N) is 2. The monoisotopic (exact) mass is 389 g/mol. The van der Waals surface area contributed by atoms with Crippen molar-refractivity contribution in [2.75, 3.05) is 44.3 Å². The van der Waals surface area contributed by atoms with Crippen molar-refractivity contribution < 1.29 is 17.6 Å². The number of sulfonamides is 1. The van der Waals surface area contributed by atoms with Crippen molar-refractivity contribution in [1.82, 2.24) is 4.90 Å². The Labute approximate surface area is 159 Å². The third-order valence-corrected chi connectivity index (χ3v) is 5.44. The lowest BCUT2D eigenvalue weighted by molar-refractivity contribution is 0.414. The predicted molar refractivity (Wildman–Crippen MR) is 107 cm³/mol. The lowest BCUT2D eigenvalue weighted by Crippen LogP contribution is -2.21. The zero-order valence-corrected chi connectivity index (χ0v) is 16.3. The van der Waals surface area contributed by atoms with Crippen molar-refractivity contribution in [2.24, 2.45) is 0 Å². The molecule has 27 heavy (non-hydrogen) atoms. The molecule has 1 aromatic heterocycles. The number of fused-ring (bicyclic) bond motifs is 1. The molecule has 0 aliphatic heterocycles. The highest BCUT2D eigenvalue weighted by atomic mass is 32.2. The third kappa shape index (κ3) is 4.53. The van der Waals surface area contributed by atoms with Gasteiger partial charge in [0, 0.05) is 18.5 Å². The lowest BCUT2D eigenvalue weighted by Gasteiger charge is -2.14. The van der Waals surface area contributed by atoms with Crippen molar-refractivity contribution in [3.8, 4) is 5.75 Å². The maximum absolute atomic E-state index is 12.7. The van der Waals surface area contributed by atoms with Crippen LogP contribution in [0.3, 0.4) is 0 Å². The number of benzene rings is 2. The molecule has 0 saturated heterocycles. The maximum Gasteiger partial charge on any atom is 0.261 e. The number of nitrogens with zero attached hydrogens (tertiary/aromatic N) is 1. The van der Waals surface area contributed by atoms with Crippen molar-refractivity contribution in [2.45, 2.75) is 4.90 Å². The molecule has 0 radical (unpaired) electrons. The zero-order valence-electron chi connectivity index (χ0n) is 15.5. The Hall–Kier alpha value is -2.71. The second kappa shape index (κ2) is 7.89. The molecule has 3 rings (SSSR count). The molecule has 7 nitrogen and oxygen atoms in total. The van der Waals surface area contributed by atoms with Crippen LogP contribution in [0.25, 0.3) is 11.0 Å². The van der Waals surface area contributed by atoms with Gasteiger partial charge >= 0.3 is 0 Å². The van der Waals surface area contributed by atoms with E-state index in [2.05, 4.69) is 14.9 Å². The van der Waals surface area contributed by atoms with Crippen molar-refractivity contribution >= 4 is 32.4 Å². The largest absolute Gasteiger partial charge is 0.497 e. The van der Waals surface area contributed by atoms with Crippen LogP contribution in [0.4, 0.5) is 11.4 Å². The second-order valence-corrected chi connectivity index (χ2v) is 8.06. The van der Waals surface area contributed by atoms with E-state index in [0.717, 1.165) is 17.6 Å². The number of ether oxygens (including phenoxy) is 1. The minimum atomic E-state index is -3.71. The molecule has 0 aliphatic carbocycles. The van der Waals surface area contributed by atoms with Gasteiger partial charge in [-0.25, -0.2) is 8.42 Å². The van der Waals surface area contributed by atoms with Crippen molar-refractivity contribution in [1.29, 1.82) is 0 Å². The number of hydrogen-bond donors (Lipinski definition) is 2. The standard InChI is InChI=1S/C19H23N3O4S/c1-22(2)10-9-20-18-13-15(12-14-8-11-26-19(14)18)21-27(23,24)17-6-4-16(25-3)5-7-17/h4-8,11-13,20-21H,9-10H2,1-3H3. The van der Waals surface area contributed by atoms with E-state index in [4.69, 9.17) is 9.15 Å². The fourth-order valence-electron chi connectivity index (χ4n) is 2.66. The Kier molecular flexibility index (Phi) is 5.57. The van der Waals surface area contributed by atoms with Gasteiger partial charge in [0.1, 0.15) is 5.75 Å². The molecule has 0 fully saturated rings. The van der Waals surface area contributed by atoms with Gasteiger partial charge in [0.05, 0.1) is 29.6 Å². The molecular weight excluding hydrogens is 366 g/mol. The molecule has 2 N–H and O–H groups in total. The van der Waals surface area contributed by atoms with Gasteiger partial charge in [-0.05, 0) is 56.6 Å². The topological polar surface area (TPSA) is 83.8 Å². The summed E-state index contributed by atoms with van der Waals surface area (Å²) < 4.78 is 38.6. The molecule has 0 aliphatic rings. The normalized spacial score (nSPS) is 11.7. The van der Waals surface area contributed by atoms with Crippen LogP contribution in [0, 0.1) is 0 Å². The summed E-state index contributed by atoms with van der Waals surface area (Å²) in [5.41, 5.74) is 1.90. The Balaban J connectivity index is 1.87. The zero-order chi connectivity index (χ0) is 19.4. The second-order valence-electron chi connectivity index (χ2n) is 6.37. The first-order valence-electron chi connectivity index (χ1n) is 8.46. The van der Waals surface area contributed by atoms with Gasteiger partial charge in [-0.15, -0.1) is 0 Å². The van der Waals surface area contributed by atoms with Gasteiger partial charge in [-0.1, -0.05) is 0 Å². The van der Waals surface area contributed by atoms with Crippen LogP contribution in [0.15, 0.2) is 58.0 Å². The molecule has 8 heteroatoms. The lowest BCUT2D eigenvalue weighted by atomic mass is 10.2. The highest BCUT2D eigenvalue weighted by Crippen LogP contribution is 2.30. The van der Waals surface area contributed by atoms with Crippen LogP contribution in [0.5, 0.6) is 5.75 Å². The quantitative estimate of drug-likeness (QED) is 0.615. The minimum absolute atomic E-state index is 0.165. The number of methoxy groups -OCH3 is 1. The summed E-state index contributed by atoms with van der Waals surface area (Å²) in [5, 5.41) is 4.12. The molecule has 1 heterocycles. The Morgan fingerprint density at radius 3 is 2.52 bits per heavy atom. The molecule has 144 valence electrons. The van der Waals surface area contributed by atoms with Gasteiger partial charge < -0.3 is 19.4 Å². The Morgan fingerprint density at radius 2 is 1.85 bits per heavy atom. The summed E-state index contributed by atoms with van der Waals surface area (Å²) in [6.07, 6.45) is 1.59. The SMILES string of the molecule is COc1ccc(S(=O)(=O)Nc2cc(NCCN(C)C)c3occc3c2)cc1.